The lowest BCUT2D eigenvalue weighted by atomic mass is 10.2. The van der Waals surface area contributed by atoms with E-state index < -0.39 is 9.84 Å². The molecule has 4 heterocycles. The van der Waals surface area contributed by atoms with E-state index in [2.05, 4.69) is 25.4 Å². The van der Waals surface area contributed by atoms with Gasteiger partial charge in [0.25, 0.3) is 0 Å². The van der Waals surface area contributed by atoms with Crippen molar-refractivity contribution in [2.24, 2.45) is 7.05 Å². The van der Waals surface area contributed by atoms with Crippen LogP contribution >= 0.6 is 0 Å². The first-order valence-electron chi connectivity index (χ1n) is 7.29. The van der Waals surface area contributed by atoms with E-state index in [1.807, 2.05) is 12.1 Å². The summed E-state index contributed by atoms with van der Waals surface area (Å²) < 4.78 is 24.9. The molecule has 9 heteroatoms. The summed E-state index contributed by atoms with van der Waals surface area (Å²) >= 11 is 0. The van der Waals surface area contributed by atoms with Gasteiger partial charge in [0.05, 0.1) is 23.4 Å². The van der Waals surface area contributed by atoms with Crippen molar-refractivity contribution in [1.29, 1.82) is 0 Å². The van der Waals surface area contributed by atoms with Crippen molar-refractivity contribution in [3.63, 3.8) is 0 Å². The van der Waals surface area contributed by atoms with Gasteiger partial charge in [-0.1, -0.05) is 0 Å². The van der Waals surface area contributed by atoms with Crippen molar-refractivity contribution in [3.05, 3.63) is 42.2 Å². The number of nitrogens with one attached hydrogen (secondary N) is 1. The molecule has 0 radical (unpaired) electrons. The number of sulfone groups is 1. The molecular formula is C15H14N6O2S. The third kappa shape index (κ3) is 2.62. The molecule has 0 amide bonds. The van der Waals surface area contributed by atoms with Crippen molar-refractivity contribution in [3.8, 4) is 11.4 Å². The topological polar surface area (TPSA) is 103 Å². The third-order valence-electron chi connectivity index (χ3n) is 3.76. The first-order chi connectivity index (χ1) is 11.5. The van der Waals surface area contributed by atoms with Crippen LogP contribution < -0.4 is 5.32 Å². The number of nitrogens with zero attached hydrogens (tertiary/aromatic N) is 5. The second-order valence-corrected chi connectivity index (χ2v) is 7.48. The van der Waals surface area contributed by atoms with Crippen LogP contribution in [-0.2, 0) is 16.9 Å². The molecule has 0 spiro atoms. The van der Waals surface area contributed by atoms with Gasteiger partial charge in [-0.15, -0.1) is 0 Å². The number of pyridine rings is 1. The molecule has 4 rings (SSSR count). The maximum atomic E-state index is 11.6. The first-order valence-corrected chi connectivity index (χ1v) is 9.01. The van der Waals surface area contributed by atoms with E-state index in [1.54, 1.807) is 36.4 Å². The highest BCUT2D eigenvalue weighted by molar-refractivity contribution is 7.94. The van der Waals surface area contributed by atoms with Crippen molar-refractivity contribution in [1.82, 2.24) is 24.7 Å². The van der Waals surface area contributed by atoms with Crippen molar-refractivity contribution < 1.29 is 8.42 Å². The SMILES string of the molecule is Cn1ncc2c(N[C@H]3C=CS(=O)(=O)C3)nc(-c3cccnc3)nc21. The molecule has 0 unspecified atom stereocenters. The molecule has 8 nitrogen and oxygen atoms in total. The Labute approximate surface area is 138 Å². The zero-order valence-electron chi connectivity index (χ0n) is 12.8. The van der Waals surface area contributed by atoms with Crippen LogP contribution in [0.15, 0.2) is 42.2 Å². The molecule has 24 heavy (non-hydrogen) atoms. The van der Waals surface area contributed by atoms with E-state index in [0.717, 1.165) is 10.9 Å². The molecule has 0 saturated heterocycles. The van der Waals surface area contributed by atoms with Crippen molar-refractivity contribution >= 4 is 26.7 Å². The molecular weight excluding hydrogens is 328 g/mol. The van der Waals surface area contributed by atoms with Crippen molar-refractivity contribution in [2.45, 2.75) is 6.04 Å². The molecule has 1 N–H and O–H groups in total. The minimum Gasteiger partial charge on any atom is -0.362 e. The van der Waals surface area contributed by atoms with E-state index in [9.17, 15) is 8.42 Å². The van der Waals surface area contributed by atoms with Crippen LogP contribution in [0.25, 0.3) is 22.4 Å². The lowest BCUT2D eigenvalue weighted by Gasteiger charge is -2.12. The van der Waals surface area contributed by atoms with Crippen LogP contribution in [0.2, 0.25) is 0 Å². The number of aromatic nitrogens is 5. The van der Waals surface area contributed by atoms with Gasteiger partial charge >= 0.3 is 0 Å². The highest BCUT2D eigenvalue weighted by Crippen LogP contribution is 2.25. The summed E-state index contributed by atoms with van der Waals surface area (Å²) in [6.07, 6.45) is 6.65. The summed E-state index contributed by atoms with van der Waals surface area (Å²) in [5, 5.41) is 9.36. The van der Waals surface area contributed by atoms with E-state index >= 15 is 0 Å². The molecule has 122 valence electrons. The summed E-state index contributed by atoms with van der Waals surface area (Å²) in [4.78, 5) is 13.2. The summed E-state index contributed by atoms with van der Waals surface area (Å²) in [5.74, 6) is 1.08. The van der Waals surface area contributed by atoms with E-state index in [0.29, 0.717) is 17.3 Å². The van der Waals surface area contributed by atoms with E-state index in [-0.39, 0.29) is 11.8 Å². The van der Waals surface area contributed by atoms with Crippen LogP contribution in [0.4, 0.5) is 5.82 Å². The predicted molar refractivity (Wildman–Crippen MR) is 89.9 cm³/mol. The average molecular weight is 342 g/mol. The molecule has 3 aromatic rings. The fraction of sp³-hybridized carbons (Fsp3) is 0.200. The molecule has 0 aromatic carbocycles. The quantitative estimate of drug-likeness (QED) is 0.761. The number of aryl methyl sites for hydroxylation is 1. The zero-order valence-corrected chi connectivity index (χ0v) is 13.6. The second kappa shape index (κ2) is 5.38. The van der Waals surface area contributed by atoms with Gasteiger partial charge in [0.15, 0.2) is 21.3 Å². The lowest BCUT2D eigenvalue weighted by Crippen LogP contribution is -2.22. The minimum absolute atomic E-state index is 0.0149. The van der Waals surface area contributed by atoms with Crippen molar-refractivity contribution in [2.75, 3.05) is 11.1 Å². The van der Waals surface area contributed by atoms with E-state index in [1.165, 1.54) is 5.41 Å². The van der Waals surface area contributed by atoms with E-state index in [4.69, 9.17) is 0 Å². The van der Waals surface area contributed by atoms with Crippen LogP contribution in [0.1, 0.15) is 0 Å². The Kier molecular flexibility index (Phi) is 3.31. The minimum atomic E-state index is -3.14. The number of hydrogen-bond acceptors (Lipinski definition) is 7. The summed E-state index contributed by atoms with van der Waals surface area (Å²) in [6.45, 7) is 0. The summed E-state index contributed by atoms with van der Waals surface area (Å²) in [6, 6.07) is 3.36. The lowest BCUT2D eigenvalue weighted by molar-refractivity contribution is 0.605. The van der Waals surface area contributed by atoms with Gasteiger partial charge in [-0.25, -0.2) is 18.4 Å². The van der Waals surface area contributed by atoms with Gasteiger partial charge in [0, 0.05) is 30.4 Å². The van der Waals surface area contributed by atoms with Gasteiger partial charge in [-0.05, 0) is 18.2 Å². The third-order valence-corrected chi connectivity index (χ3v) is 5.16. The zero-order chi connectivity index (χ0) is 16.7. The highest BCUT2D eigenvalue weighted by atomic mass is 32.2. The average Bonchev–Trinajstić information content (AvgIpc) is 3.11. The fourth-order valence-corrected chi connectivity index (χ4v) is 3.83. The Bertz CT molecular complexity index is 1040. The Morgan fingerprint density at radius 1 is 1.29 bits per heavy atom. The fourth-order valence-electron chi connectivity index (χ4n) is 2.60. The summed E-state index contributed by atoms with van der Waals surface area (Å²) in [5.41, 5.74) is 1.44. The van der Waals surface area contributed by atoms with Crippen LogP contribution in [0, 0.1) is 0 Å². The predicted octanol–water partition coefficient (Wildman–Crippen LogP) is 1.15. The number of fused-ring (bicyclic) bond motifs is 1. The molecule has 0 fully saturated rings. The second-order valence-electron chi connectivity index (χ2n) is 5.55. The Morgan fingerprint density at radius 3 is 2.88 bits per heavy atom. The standard InChI is InChI=1S/C15H14N6O2S/c1-21-15-12(8-17-21)14(18-11-4-6-24(22,23)9-11)19-13(20-15)10-3-2-5-16-7-10/h2-8,11H,9H2,1H3,(H,18,19,20)/t11-/m0/s1. The largest absolute Gasteiger partial charge is 0.362 e. The Balaban J connectivity index is 1.80. The van der Waals surface area contributed by atoms with Gasteiger partial charge in [0.1, 0.15) is 5.82 Å². The molecule has 1 aliphatic rings. The maximum absolute atomic E-state index is 11.6. The number of anilines is 1. The molecule has 0 saturated carbocycles. The van der Waals surface area contributed by atoms with Gasteiger partial charge < -0.3 is 5.32 Å². The smallest absolute Gasteiger partial charge is 0.173 e. The highest BCUT2D eigenvalue weighted by Gasteiger charge is 2.23. The summed E-state index contributed by atoms with van der Waals surface area (Å²) in [7, 11) is -1.35. The van der Waals surface area contributed by atoms with Crippen LogP contribution in [0.5, 0.6) is 0 Å². The molecule has 0 aliphatic carbocycles. The van der Waals surface area contributed by atoms with Crippen LogP contribution in [-0.4, -0.2) is 44.9 Å². The number of hydrogen-bond donors (Lipinski definition) is 1. The molecule has 0 bridgehead atoms. The monoisotopic (exact) mass is 342 g/mol. The Hall–Kier alpha value is -2.81. The van der Waals surface area contributed by atoms with Gasteiger partial charge in [-0.3, -0.25) is 9.67 Å². The molecule has 3 aromatic heterocycles. The molecule has 1 atom stereocenters. The molecule has 1 aliphatic heterocycles. The van der Waals surface area contributed by atoms with Gasteiger partial charge in [0.2, 0.25) is 0 Å². The van der Waals surface area contributed by atoms with Crippen LogP contribution in [0.3, 0.4) is 0 Å². The van der Waals surface area contributed by atoms with Gasteiger partial charge in [-0.2, -0.15) is 5.10 Å². The first kappa shape index (κ1) is 14.8. The normalized spacial score (nSPS) is 19.0. The maximum Gasteiger partial charge on any atom is 0.173 e. The Morgan fingerprint density at radius 2 is 2.17 bits per heavy atom. The number of rotatable bonds is 3.